The van der Waals surface area contributed by atoms with Gasteiger partial charge in [-0.05, 0) is 49.7 Å². The molecule has 7 heteroatoms. The minimum atomic E-state index is 0.00155. The highest BCUT2D eigenvalue weighted by Gasteiger charge is 2.13. The smallest absolute Gasteiger partial charge is 0.173 e. The maximum Gasteiger partial charge on any atom is 0.173 e. The Balaban J connectivity index is 2.12. The first kappa shape index (κ1) is 21.1. The van der Waals surface area contributed by atoms with Gasteiger partial charge in [-0.3, -0.25) is 4.79 Å². The summed E-state index contributed by atoms with van der Waals surface area (Å²) in [6.07, 6.45) is 1.72. The molecular weight excluding hydrogens is 411 g/mol. The third-order valence-corrected chi connectivity index (χ3v) is 5.78. The number of aryl methyl sites for hydroxylation is 1. The number of hydrogen-bond donors (Lipinski definition) is 0. The summed E-state index contributed by atoms with van der Waals surface area (Å²) in [6, 6.07) is 8.84. The molecule has 0 spiro atoms. The van der Waals surface area contributed by atoms with E-state index in [4.69, 9.17) is 34.8 Å². The lowest BCUT2D eigenvalue weighted by Gasteiger charge is -2.11. The van der Waals surface area contributed by atoms with Crippen molar-refractivity contribution in [1.29, 1.82) is 0 Å². The molecule has 0 aliphatic carbocycles. The molecule has 0 atom stereocenters. The average molecular weight is 430 g/mol. The second-order valence-electron chi connectivity index (χ2n) is 5.72. The molecular formula is C19H19Cl3N2OS. The number of carbonyl (C=O) groups excluding carboxylic acids is 1. The van der Waals surface area contributed by atoms with Gasteiger partial charge in [-0.1, -0.05) is 34.8 Å². The van der Waals surface area contributed by atoms with E-state index in [0.717, 1.165) is 17.0 Å². The summed E-state index contributed by atoms with van der Waals surface area (Å²) in [5, 5.41) is 1.43. The highest BCUT2D eigenvalue weighted by Crippen LogP contribution is 2.31. The lowest BCUT2D eigenvalue weighted by molar-refractivity contribution is 0.102. The third kappa shape index (κ3) is 5.65. The lowest BCUT2D eigenvalue weighted by atomic mass is 10.0. The monoisotopic (exact) mass is 428 g/mol. The fraction of sp³-hybridized carbons (Fsp3) is 0.263. The van der Waals surface area contributed by atoms with E-state index < -0.39 is 0 Å². The van der Waals surface area contributed by atoms with Gasteiger partial charge in [0.1, 0.15) is 0 Å². The van der Waals surface area contributed by atoms with Crippen molar-refractivity contribution in [2.75, 3.05) is 19.3 Å². The molecule has 0 heterocycles. The van der Waals surface area contributed by atoms with Crippen LogP contribution in [0.3, 0.4) is 0 Å². The zero-order valence-electron chi connectivity index (χ0n) is 14.7. The Morgan fingerprint density at radius 3 is 2.54 bits per heavy atom. The first-order valence-electron chi connectivity index (χ1n) is 7.97. The van der Waals surface area contributed by atoms with E-state index in [1.165, 1.54) is 11.8 Å². The van der Waals surface area contributed by atoms with Crippen molar-refractivity contribution >= 4 is 64.4 Å². The van der Waals surface area contributed by atoms with Crippen molar-refractivity contribution in [3.05, 3.63) is 56.5 Å². The van der Waals surface area contributed by atoms with Gasteiger partial charge in [0.2, 0.25) is 0 Å². The molecule has 0 radical (unpaired) electrons. The van der Waals surface area contributed by atoms with Gasteiger partial charge in [-0.15, -0.1) is 11.8 Å². The van der Waals surface area contributed by atoms with Crippen LogP contribution in [0.5, 0.6) is 0 Å². The molecule has 3 nitrogen and oxygen atoms in total. The lowest BCUT2D eigenvalue weighted by Crippen LogP contribution is -2.14. The molecule has 2 aromatic rings. The minimum absolute atomic E-state index is 0.00155. The number of aliphatic imine (C=N–C) groups is 1. The SMILES string of the molecule is CCN(C)C=Nc1cc(C)c(C(=O)CSc2ccc(Cl)c(Cl)c2)cc1Cl. The summed E-state index contributed by atoms with van der Waals surface area (Å²) in [5.74, 6) is 0.290. The molecule has 0 N–H and O–H groups in total. The summed E-state index contributed by atoms with van der Waals surface area (Å²) in [4.78, 5) is 19.8. The van der Waals surface area contributed by atoms with Gasteiger partial charge in [0.15, 0.2) is 5.78 Å². The fourth-order valence-electron chi connectivity index (χ4n) is 2.10. The molecule has 0 bridgehead atoms. The van der Waals surface area contributed by atoms with E-state index in [2.05, 4.69) is 4.99 Å². The van der Waals surface area contributed by atoms with Crippen LogP contribution in [0.15, 0.2) is 40.2 Å². The van der Waals surface area contributed by atoms with E-state index >= 15 is 0 Å². The first-order valence-corrected chi connectivity index (χ1v) is 10.1. The second-order valence-corrected chi connectivity index (χ2v) is 7.99. The van der Waals surface area contributed by atoms with E-state index in [1.54, 1.807) is 24.5 Å². The average Bonchev–Trinajstić information content (AvgIpc) is 2.62. The molecule has 0 amide bonds. The molecule has 2 aromatic carbocycles. The Morgan fingerprint density at radius 2 is 1.88 bits per heavy atom. The highest BCUT2D eigenvalue weighted by molar-refractivity contribution is 8.00. The predicted octanol–water partition coefficient (Wildman–Crippen LogP) is 6.54. The van der Waals surface area contributed by atoms with Crippen LogP contribution in [0.1, 0.15) is 22.8 Å². The van der Waals surface area contributed by atoms with Gasteiger partial charge in [-0.25, -0.2) is 4.99 Å². The third-order valence-electron chi connectivity index (χ3n) is 3.75. The van der Waals surface area contributed by atoms with Gasteiger partial charge >= 0.3 is 0 Å². The Labute approximate surface area is 173 Å². The summed E-state index contributed by atoms with van der Waals surface area (Å²) in [5.41, 5.74) is 2.10. The highest BCUT2D eigenvalue weighted by atomic mass is 35.5. The number of hydrogen-bond acceptors (Lipinski definition) is 3. The standard InChI is InChI=1S/C19H19Cl3N2OS/c1-4-24(3)11-23-18-7-12(2)14(9-17(18)22)19(25)10-26-13-5-6-15(20)16(21)8-13/h5-9,11H,4,10H2,1-3H3. The van der Waals surface area contributed by atoms with Crippen LogP contribution in [0, 0.1) is 6.92 Å². The molecule has 0 aliphatic rings. The van der Waals surface area contributed by atoms with Gasteiger partial charge < -0.3 is 4.90 Å². The van der Waals surface area contributed by atoms with Crippen molar-refractivity contribution in [3.63, 3.8) is 0 Å². The molecule has 0 unspecified atom stereocenters. The number of rotatable bonds is 7. The van der Waals surface area contributed by atoms with Crippen LogP contribution in [-0.2, 0) is 0 Å². The number of carbonyl (C=O) groups is 1. The van der Waals surface area contributed by atoms with Crippen molar-refractivity contribution < 1.29 is 4.79 Å². The summed E-state index contributed by atoms with van der Waals surface area (Å²) >= 11 is 19.6. The molecule has 138 valence electrons. The zero-order chi connectivity index (χ0) is 19.3. The van der Waals surface area contributed by atoms with Crippen LogP contribution in [0.4, 0.5) is 5.69 Å². The van der Waals surface area contributed by atoms with Gasteiger partial charge in [0.05, 0.1) is 32.8 Å². The Kier molecular flexibility index (Phi) is 7.84. The van der Waals surface area contributed by atoms with E-state index in [1.807, 2.05) is 37.9 Å². The molecule has 26 heavy (non-hydrogen) atoms. The normalized spacial score (nSPS) is 11.2. The summed E-state index contributed by atoms with van der Waals surface area (Å²) < 4.78 is 0. The second kappa shape index (κ2) is 9.65. The van der Waals surface area contributed by atoms with E-state index in [9.17, 15) is 4.79 Å². The number of thioether (sulfide) groups is 1. The van der Waals surface area contributed by atoms with Crippen LogP contribution in [-0.4, -0.2) is 36.4 Å². The van der Waals surface area contributed by atoms with Crippen LogP contribution in [0.2, 0.25) is 15.1 Å². The molecule has 0 saturated heterocycles. The molecule has 0 fully saturated rings. The molecule has 0 saturated carbocycles. The van der Waals surface area contributed by atoms with Crippen molar-refractivity contribution in [2.24, 2.45) is 4.99 Å². The Bertz CT molecular complexity index is 840. The Morgan fingerprint density at radius 1 is 1.15 bits per heavy atom. The van der Waals surface area contributed by atoms with Gasteiger partial charge in [0, 0.05) is 24.1 Å². The van der Waals surface area contributed by atoms with E-state index in [0.29, 0.717) is 26.3 Å². The summed E-state index contributed by atoms with van der Waals surface area (Å²) in [6.45, 7) is 4.77. The number of nitrogens with zero attached hydrogens (tertiary/aromatic N) is 2. The molecule has 2 rings (SSSR count). The number of benzene rings is 2. The van der Waals surface area contributed by atoms with Crippen molar-refractivity contribution in [3.8, 4) is 0 Å². The molecule has 0 aliphatic heterocycles. The molecule has 0 aromatic heterocycles. The summed E-state index contributed by atoms with van der Waals surface area (Å²) in [7, 11) is 1.93. The predicted molar refractivity (Wildman–Crippen MR) is 114 cm³/mol. The number of Topliss-reactive ketones (excluding diaryl/α,β-unsaturated/α-hetero) is 1. The van der Waals surface area contributed by atoms with E-state index in [-0.39, 0.29) is 11.5 Å². The zero-order valence-corrected chi connectivity index (χ0v) is 17.8. The van der Waals surface area contributed by atoms with Crippen molar-refractivity contribution in [1.82, 2.24) is 4.90 Å². The quantitative estimate of drug-likeness (QED) is 0.217. The maximum absolute atomic E-state index is 12.6. The minimum Gasteiger partial charge on any atom is -0.366 e. The van der Waals surface area contributed by atoms with Crippen molar-refractivity contribution in [2.45, 2.75) is 18.7 Å². The van der Waals surface area contributed by atoms with Crippen LogP contribution in [0.25, 0.3) is 0 Å². The van der Waals surface area contributed by atoms with Gasteiger partial charge in [0.25, 0.3) is 0 Å². The van der Waals surface area contributed by atoms with Crippen LogP contribution < -0.4 is 0 Å². The van der Waals surface area contributed by atoms with Gasteiger partial charge in [-0.2, -0.15) is 0 Å². The maximum atomic E-state index is 12.6. The number of ketones is 1. The van der Waals surface area contributed by atoms with Crippen LogP contribution >= 0.6 is 46.6 Å². The Hall–Kier alpha value is -1.20. The topological polar surface area (TPSA) is 32.7 Å². The fourth-order valence-corrected chi connectivity index (χ4v) is 3.50. The largest absolute Gasteiger partial charge is 0.366 e. The first-order chi connectivity index (χ1) is 12.3. The number of halogens is 3.